The van der Waals surface area contributed by atoms with Crippen LogP contribution in [0.25, 0.3) is 0 Å². The van der Waals surface area contributed by atoms with E-state index in [2.05, 4.69) is 0 Å². The molecule has 9 nitrogen and oxygen atoms in total. The SMILES string of the molecule is C[C@H](/C=C/CC(=O)N1CCC[C@H]1CO)[C@@]1(O)C(=O)N(Cc2ccc(N3CCOC3=O)cc2)c2ccc(Cl)cc21. The minimum atomic E-state index is -1.86. The van der Waals surface area contributed by atoms with Crippen molar-refractivity contribution in [3.63, 3.8) is 0 Å². The largest absolute Gasteiger partial charge is 0.447 e. The lowest BCUT2D eigenvalue weighted by molar-refractivity contribution is -0.139. The summed E-state index contributed by atoms with van der Waals surface area (Å²) in [4.78, 5) is 43.1. The molecule has 2 aromatic rings. The standard InChI is InChI=1S/C29H32ClN3O6/c1-19(4-2-6-26(35)31-13-3-5-23(31)18-34)29(38)24-16-21(30)9-12-25(24)33(27(29)36)17-20-7-10-22(11-8-20)32-14-15-39-28(32)37/h2,4,7-12,16,19,23,34,38H,3,5-6,13-15,17-18H2,1H3/b4-2+/t19-,23+,29+/m1/s1. The van der Waals surface area contributed by atoms with Crippen LogP contribution >= 0.6 is 11.6 Å². The molecule has 3 aliphatic heterocycles. The number of aliphatic hydroxyl groups is 2. The van der Waals surface area contributed by atoms with Gasteiger partial charge in [0.1, 0.15) is 6.61 Å². The number of hydrogen-bond acceptors (Lipinski definition) is 6. The van der Waals surface area contributed by atoms with E-state index in [0.717, 1.165) is 18.4 Å². The number of ether oxygens (including phenoxy) is 1. The zero-order chi connectivity index (χ0) is 27.7. The number of hydrogen-bond donors (Lipinski definition) is 2. The quantitative estimate of drug-likeness (QED) is 0.483. The van der Waals surface area contributed by atoms with Crippen molar-refractivity contribution in [1.29, 1.82) is 0 Å². The molecule has 5 rings (SSSR count). The Morgan fingerprint density at radius 2 is 1.97 bits per heavy atom. The van der Waals surface area contributed by atoms with Crippen LogP contribution < -0.4 is 9.80 Å². The fraction of sp³-hybridized carbons (Fsp3) is 0.414. The lowest BCUT2D eigenvalue weighted by Crippen LogP contribution is -2.44. The van der Waals surface area contributed by atoms with Crippen molar-refractivity contribution in [3.8, 4) is 0 Å². The number of aliphatic hydroxyl groups excluding tert-OH is 1. The van der Waals surface area contributed by atoms with Gasteiger partial charge < -0.3 is 24.7 Å². The molecule has 3 amide bonds. The summed E-state index contributed by atoms with van der Waals surface area (Å²) in [5, 5.41) is 21.7. The highest BCUT2D eigenvalue weighted by atomic mass is 35.5. The summed E-state index contributed by atoms with van der Waals surface area (Å²) in [6, 6.07) is 12.2. The summed E-state index contributed by atoms with van der Waals surface area (Å²) in [5.74, 6) is -1.21. The number of cyclic esters (lactones) is 1. The van der Waals surface area contributed by atoms with E-state index in [1.54, 1.807) is 47.1 Å². The number of carbonyl (C=O) groups is 3. The van der Waals surface area contributed by atoms with Crippen LogP contribution in [0.1, 0.15) is 37.3 Å². The van der Waals surface area contributed by atoms with Crippen molar-refractivity contribution in [2.24, 2.45) is 5.92 Å². The molecule has 0 aromatic heterocycles. The monoisotopic (exact) mass is 553 g/mol. The number of amides is 3. The molecule has 10 heteroatoms. The number of halogens is 1. The normalized spacial score (nSPS) is 23.6. The maximum Gasteiger partial charge on any atom is 0.414 e. The Morgan fingerprint density at radius 3 is 2.67 bits per heavy atom. The smallest absolute Gasteiger partial charge is 0.414 e. The third kappa shape index (κ3) is 5.02. The molecule has 3 heterocycles. The topological polar surface area (TPSA) is 111 Å². The highest BCUT2D eigenvalue weighted by Gasteiger charge is 2.52. The fourth-order valence-corrected chi connectivity index (χ4v) is 5.82. The predicted octanol–water partition coefficient (Wildman–Crippen LogP) is 3.60. The van der Waals surface area contributed by atoms with Crippen molar-refractivity contribution in [3.05, 3.63) is 70.8 Å². The van der Waals surface area contributed by atoms with Gasteiger partial charge in [-0.3, -0.25) is 14.5 Å². The Labute approximate surface area is 232 Å². The molecular formula is C29H32ClN3O6. The minimum absolute atomic E-state index is 0.0546. The van der Waals surface area contributed by atoms with Gasteiger partial charge in [-0.2, -0.15) is 0 Å². The van der Waals surface area contributed by atoms with Crippen LogP contribution in [0.15, 0.2) is 54.6 Å². The molecule has 2 saturated heterocycles. The maximum absolute atomic E-state index is 13.8. The number of nitrogens with zero attached hydrogens (tertiary/aromatic N) is 3. The van der Waals surface area contributed by atoms with Gasteiger partial charge in [0.2, 0.25) is 5.91 Å². The summed E-state index contributed by atoms with van der Waals surface area (Å²) in [5.41, 5.74) is 0.659. The number of rotatable bonds is 8. The molecule has 2 fully saturated rings. The van der Waals surface area contributed by atoms with Gasteiger partial charge in [0.15, 0.2) is 5.60 Å². The highest BCUT2D eigenvalue weighted by Crippen LogP contribution is 2.46. The number of benzene rings is 2. The van der Waals surface area contributed by atoms with Crippen molar-refractivity contribution >= 4 is 40.9 Å². The predicted molar refractivity (Wildman–Crippen MR) is 146 cm³/mol. The van der Waals surface area contributed by atoms with E-state index in [1.165, 1.54) is 4.90 Å². The summed E-state index contributed by atoms with van der Waals surface area (Å²) in [6.07, 6.45) is 4.77. The third-order valence-corrected chi connectivity index (χ3v) is 8.10. The average molecular weight is 554 g/mol. The van der Waals surface area contributed by atoms with E-state index in [1.807, 2.05) is 24.3 Å². The summed E-state index contributed by atoms with van der Waals surface area (Å²) < 4.78 is 5.00. The Hall–Kier alpha value is -3.40. The van der Waals surface area contributed by atoms with Crippen molar-refractivity contribution in [1.82, 2.24) is 4.90 Å². The van der Waals surface area contributed by atoms with Gasteiger partial charge >= 0.3 is 6.09 Å². The first-order valence-electron chi connectivity index (χ1n) is 13.2. The average Bonchev–Trinajstić information content (AvgIpc) is 3.64. The summed E-state index contributed by atoms with van der Waals surface area (Å²) in [7, 11) is 0. The van der Waals surface area contributed by atoms with Gasteiger partial charge in [-0.25, -0.2) is 4.79 Å². The van der Waals surface area contributed by atoms with Crippen LogP contribution in [0.5, 0.6) is 0 Å². The second-order valence-electron chi connectivity index (χ2n) is 10.2. The van der Waals surface area contributed by atoms with Gasteiger partial charge in [0, 0.05) is 35.2 Å². The Bertz CT molecular complexity index is 1300. The molecule has 0 radical (unpaired) electrons. The maximum atomic E-state index is 13.8. The molecule has 2 N–H and O–H groups in total. The molecular weight excluding hydrogens is 522 g/mol. The molecule has 39 heavy (non-hydrogen) atoms. The zero-order valence-corrected chi connectivity index (χ0v) is 22.5. The summed E-state index contributed by atoms with van der Waals surface area (Å²) in [6.45, 7) is 3.36. The van der Waals surface area contributed by atoms with Crippen molar-refractivity contribution < 1.29 is 29.3 Å². The first kappa shape index (κ1) is 27.2. The van der Waals surface area contributed by atoms with Crippen molar-refractivity contribution in [2.45, 2.75) is 44.4 Å². The van der Waals surface area contributed by atoms with Crippen LogP contribution in [0.2, 0.25) is 5.02 Å². The van der Waals surface area contributed by atoms with Crippen LogP contribution in [0.4, 0.5) is 16.2 Å². The molecule has 3 aliphatic rings. The Morgan fingerprint density at radius 1 is 1.21 bits per heavy atom. The number of fused-ring (bicyclic) bond motifs is 1. The molecule has 0 aliphatic carbocycles. The van der Waals surface area contributed by atoms with E-state index in [9.17, 15) is 24.6 Å². The number of carbonyl (C=O) groups excluding carboxylic acids is 3. The van der Waals surface area contributed by atoms with Crippen LogP contribution in [-0.2, 0) is 26.5 Å². The van der Waals surface area contributed by atoms with Gasteiger partial charge in [0.25, 0.3) is 5.91 Å². The van der Waals surface area contributed by atoms with Crippen molar-refractivity contribution in [2.75, 3.05) is 36.1 Å². The van der Waals surface area contributed by atoms with E-state index < -0.39 is 17.4 Å². The fourth-order valence-electron chi connectivity index (χ4n) is 5.65. The van der Waals surface area contributed by atoms with E-state index in [-0.39, 0.29) is 37.6 Å². The van der Waals surface area contributed by atoms with Gasteiger partial charge in [-0.05, 0) is 48.7 Å². The molecule has 0 saturated carbocycles. The Kier molecular flexibility index (Phi) is 7.66. The van der Waals surface area contributed by atoms with Gasteiger partial charge in [-0.1, -0.05) is 42.8 Å². The molecule has 3 atom stereocenters. The van der Waals surface area contributed by atoms with E-state index in [4.69, 9.17) is 16.3 Å². The third-order valence-electron chi connectivity index (χ3n) is 7.87. The number of anilines is 2. The first-order valence-corrected chi connectivity index (χ1v) is 13.6. The van der Waals surface area contributed by atoms with Gasteiger partial charge in [0.05, 0.1) is 31.4 Å². The minimum Gasteiger partial charge on any atom is -0.447 e. The lowest BCUT2D eigenvalue weighted by atomic mass is 9.83. The second kappa shape index (κ2) is 11.0. The molecule has 0 spiro atoms. The molecule has 0 bridgehead atoms. The number of likely N-dealkylation sites (tertiary alicyclic amines) is 1. The highest BCUT2D eigenvalue weighted by molar-refractivity contribution is 6.31. The zero-order valence-electron chi connectivity index (χ0n) is 21.8. The molecule has 2 aromatic carbocycles. The second-order valence-corrected chi connectivity index (χ2v) is 10.7. The first-order chi connectivity index (χ1) is 18.7. The summed E-state index contributed by atoms with van der Waals surface area (Å²) >= 11 is 6.28. The molecule has 206 valence electrons. The Balaban J connectivity index is 1.34. The van der Waals surface area contributed by atoms with E-state index >= 15 is 0 Å². The van der Waals surface area contributed by atoms with Crippen LogP contribution in [-0.4, -0.2) is 65.4 Å². The van der Waals surface area contributed by atoms with Crippen LogP contribution in [0.3, 0.4) is 0 Å². The van der Waals surface area contributed by atoms with Gasteiger partial charge in [-0.15, -0.1) is 0 Å². The lowest BCUT2D eigenvalue weighted by Gasteiger charge is -2.28. The van der Waals surface area contributed by atoms with E-state index in [0.29, 0.717) is 41.7 Å². The van der Waals surface area contributed by atoms with Crippen LogP contribution in [0, 0.1) is 5.92 Å². The molecule has 0 unspecified atom stereocenters.